The van der Waals surface area contributed by atoms with Crippen LogP contribution in [0.4, 0.5) is 20.3 Å². The zero-order chi connectivity index (χ0) is 24.7. The Morgan fingerprint density at radius 3 is 2.83 bits per heavy atom. The number of anilines is 2. The normalized spacial score (nSPS) is 17.2. The maximum absolute atomic E-state index is 13.2. The zero-order valence-corrected chi connectivity index (χ0v) is 18.7. The fourth-order valence-corrected chi connectivity index (χ4v) is 4.17. The second-order valence-corrected chi connectivity index (χ2v) is 8.32. The molecule has 2 aromatic heterocycles. The van der Waals surface area contributed by atoms with E-state index in [1.54, 1.807) is 25.1 Å². The van der Waals surface area contributed by atoms with Gasteiger partial charge in [0.15, 0.2) is 11.5 Å². The van der Waals surface area contributed by atoms with E-state index in [-0.39, 0.29) is 41.7 Å². The van der Waals surface area contributed by atoms with Crippen LogP contribution in [0, 0.1) is 6.92 Å². The Morgan fingerprint density at radius 2 is 2.03 bits per heavy atom. The first-order valence-corrected chi connectivity index (χ1v) is 10.9. The minimum atomic E-state index is -3.70. The van der Waals surface area contributed by atoms with Gasteiger partial charge in [-0.1, -0.05) is 12.1 Å². The highest BCUT2D eigenvalue weighted by atomic mass is 19.3. The van der Waals surface area contributed by atoms with Gasteiger partial charge in [0.1, 0.15) is 23.4 Å². The molecule has 35 heavy (non-hydrogen) atoms. The largest absolute Gasteiger partial charge is 0.586 e. The monoisotopic (exact) mass is 484 g/mol. The van der Waals surface area contributed by atoms with Crippen molar-refractivity contribution in [3.05, 3.63) is 69.5 Å². The van der Waals surface area contributed by atoms with Crippen molar-refractivity contribution in [1.29, 1.82) is 0 Å². The van der Waals surface area contributed by atoms with E-state index in [4.69, 9.17) is 5.73 Å². The van der Waals surface area contributed by atoms with Crippen LogP contribution in [0.5, 0.6) is 11.5 Å². The topological polar surface area (TPSA) is 133 Å². The lowest BCUT2D eigenvalue weighted by molar-refractivity contribution is -0.286. The summed E-state index contributed by atoms with van der Waals surface area (Å²) in [6, 6.07) is 7.14. The van der Waals surface area contributed by atoms with Gasteiger partial charge in [0.05, 0.1) is 6.20 Å². The van der Waals surface area contributed by atoms with Crippen LogP contribution in [0.25, 0.3) is 0 Å². The Bertz CT molecular complexity index is 1380. The van der Waals surface area contributed by atoms with Gasteiger partial charge in [0.25, 0.3) is 5.56 Å². The van der Waals surface area contributed by atoms with Crippen LogP contribution < -0.4 is 31.4 Å². The van der Waals surface area contributed by atoms with Crippen molar-refractivity contribution in [3.63, 3.8) is 0 Å². The van der Waals surface area contributed by atoms with Gasteiger partial charge in [-0.25, -0.2) is 9.97 Å². The minimum Gasteiger partial charge on any atom is -0.395 e. The SMILES string of the molecule is Cc1nc(N)ccc1CNC(=O)[C@@H]1CCc2ncc(NCc3ccc4c(c3)OC(F)(F)O4)c(=O)n21. The smallest absolute Gasteiger partial charge is 0.395 e. The number of nitrogen functional groups attached to an aromatic ring is 1. The molecule has 4 N–H and O–H groups in total. The Balaban J connectivity index is 1.28. The fourth-order valence-electron chi connectivity index (χ4n) is 4.17. The van der Waals surface area contributed by atoms with Crippen molar-refractivity contribution < 1.29 is 23.0 Å². The summed E-state index contributed by atoms with van der Waals surface area (Å²) in [5, 5.41) is 5.83. The summed E-state index contributed by atoms with van der Waals surface area (Å²) in [5.41, 5.74) is 7.62. The number of nitrogens with one attached hydrogen (secondary N) is 2. The van der Waals surface area contributed by atoms with E-state index in [1.165, 1.54) is 22.9 Å². The number of rotatable bonds is 6. The molecule has 0 saturated heterocycles. The lowest BCUT2D eigenvalue weighted by atomic mass is 10.1. The van der Waals surface area contributed by atoms with Gasteiger partial charge in [0, 0.05) is 25.2 Å². The average molecular weight is 484 g/mol. The van der Waals surface area contributed by atoms with Gasteiger partial charge in [0.2, 0.25) is 5.91 Å². The Labute approximate surface area is 198 Å². The number of carbonyl (C=O) groups is 1. The number of fused-ring (bicyclic) bond motifs is 2. The number of nitrogens with zero attached hydrogens (tertiary/aromatic N) is 3. The number of amides is 1. The van der Waals surface area contributed by atoms with Gasteiger partial charge >= 0.3 is 6.29 Å². The summed E-state index contributed by atoms with van der Waals surface area (Å²) < 4.78 is 36.7. The molecule has 12 heteroatoms. The molecule has 5 rings (SSSR count). The van der Waals surface area contributed by atoms with Gasteiger partial charge in [-0.3, -0.25) is 14.2 Å². The maximum atomic E-state index is 13.2. The Kier molecular flexibility index (Phi) is 5.50. The maximum Gasteiger partial charge on any atom is 0.586 e. The van der Waals surface area contributed by atoms with Crippen LogP contribution in [-0.2, 0) is 24.3 Å². The summed E-state index contributed by atoms with van der Waals surface area (Å²) in [7, 11) is 0. The van der Waals surface area contributed by atoms with Crippen LogP contribution in [0.3, 0.4) is 0 Å². The van der Waals surface area contributed by atoms with Crippen LogP contribution in [0.2, 0.25) is 0 Å². The van der Waals surface area contributed by atoms with Crippen molar-refractivity contribution in [3.8, 4) is 11.5 Å². The van der Waals surface area contributed by atoms with E-state index in [9.17, 15) is 18.4 Å². The third-order valence-corrected chi connectivity index (χ3v) is 5.94. The van der Waals surface area contributed by atoms with Crippen molar-refractivity contribution in [2.24, 2.45) is 0 Å². The number of ether oxygens (including phenoxy) is 2. The van der Waals surface area contributed by atoms with Crippen molar-refractivity contribution in [2.45, 2.75) is 45.2 Å². The highest BCUT2D eigenvalue weighted by Gasteiger charge is 2.43. The lowest BCUT2D eigenvalue weighted by Crippen LogP contribution is -2.36. The molecule has 4 heterocycles. The number of benzene rings is 1. The summed E-state index contributed by atoms with van der Waals surface area (Å²) in [4.78, 5) is 34.6. The molecule has 2 aliphatic heterocycles. The highest BCUT2D eigenvalue weighted by molar-refractivity contribution is 5.81. The highest BCUT2D eigenvalue weighted by Crippen LogP contribution is 2.41. The van der Waals surface area contributed by atoms with Crippen LogP contribution in [-0.4, -0.2) is 26.7 Å². The number of hydrogen-bond acceptors (Lipinski definition) is 8. The molecular formula is C23H22F2N6O4. The molecule has 0 bridgehead atoms. The quantitative estimate of drug-likeness (QED) is 0.485. The van der Waals surface area contributed by atoms with Crippen LogP contribution in [0.1, 0.15) is 35.1 Å². The predicted molar refractivity (Wildman–Crippen MR) is 121 cm³/mol. The zero-order valence-electron chi connectivity index (χ0n) is 18.7. The van der Waals surface area contributed by atoms with Gasteiger partial charge in [-0.05, 0) is 42.7 Å². The number of hydrogen-bond donors (Lipinski definition) is 3. The Hall–Kier alpha value is -4.22. The van der Waals surface area contributed by atoms with Crippen molar-refractivity contribution in [1.82, 2.24) is 19.9 Å². The number of alkyl halides is 2. The molecule has 1 aromatic carbocycles. The number of carbonyl (C=O) groups excluding carboxylic acids is 1. The average Bonchev–Trinajstić information content (AvgIpc) is 3.37. The molecule has 0 radical (unpaired) electrons. The van der Waals surface area contributed by atoms with E-state index >= 15 is 0 Å². The third-order valence-electron chi connectivity index (χ3n) is 5.94. The molecule has 0 unspecified atom stereocenters. The van der Waals surface area contributed by atoms with E-state index in [0.29, 0.717) is 30.0 Å². The van der Waals surface area contributed by atoms with E-state index in [0.717, 1.165) is 11.3 Å². The summed E-state index contributed by atoms with van der Waals surface area (Å²) >= 11 is 0. The fraction of sp³-hybridized carbons (Fsp3) is 0.304. The second kappa shape index (κ2) is 8.53. The molecule has 182 valence electrons. The number of aromatic nitrogens is 3. The van der Waals surface area contributed by atoms with E-state index in [2.05, 4.69) is 30.1 Å². The number of aryl methyl sites for hydroxylation is 2. The standard InChI is InChI=1S/C23H22F2N6O4/c1-12-14(3-6-19(26)30-12)10-29-21(32)16-4-7-20-28-11-15(22(33)31(16)20)27-9-13-2-5-17-18(8-13)35-23(24,25)34-17/h2-3,5-6,8,11,16,27H,4,7,9-10H2,1H3,(H2,26,30)(H,29,32)/t16-/m0/s1. The van der Waals surface area contributed by atoms with Crippen LogP contribution >= 0.6 is 0 Å². The first kappa shape index (κ1) is 22.6. The molecule has 2 aliphatic rings. The first-order valence-electron chi connectivity index (χ1n) is 10.9. The molecular weight excluding hydrogens is 462 g/mol. The van der Waals surface area contributed by atoms with Gasteiger partial charge in [-0.15, -0.1) is 8.78 Å². The molecule has 3 aromatic rings. The van der Waals surface area contributed by atoms with Gasteiger partial charge in [-0.2, -0.15) is 0 Å². The number of nitrogens with two attached hydrogens (primary N) is 1. The molecule has 1 atom stereocenters. The summed E-state index contributed by atoms with van der Waals surface area (Å²) in [5.74, 6) is 0.492. The minimum absolute atomic E-state index is 0.0585. The molecule has 0 aliphatic carbocycles. The summed E-state index contributed by atoms with van der Waals surface area (Å²) in [6.07, 6.45) is -1.34. The molecule has 10 nitrogen and oxygen atoms in total. The molecule has 0 spiro atoms. The molecule has 0 fully saturated rings. The second-order valence-electron chi connectivity index (χ2n) is 8.32. The van der Waals surface area contributed by atoms with E-state index in [1.807, 2.05) is 0 Å². The predicted octanol–water partition coefficient (Wildman–Crippen LogP) is 2.27. The first-order chi connectivity index (χ1) is 16.7. The van der Waals surface area contributed by atoms with E-state index < -0.39 is 12.3 Å². The van der Waals surface area contributed by atoms with Crippen molar-refractivity contribution >= 4 is 17.4 Å². The number of halogens is 2. The number of pyridine rings is 1. The molecule has 0 saturated carbocycles. The summed E-state index contributed by atoms with van der Waals surface area (Å²) in [6.45, 7) is 2.21. The third kappa shape index (κ3) is 4.46. The van der Waals surface area contributed by atoms with Crippen LogP contribution in [0.15, 0.2) is 41.3 Å². The van der Waals surface area contributed by atoms with Gasteiger partial charge < -0.3 is 25.8 Å². The Morgan fingerprint density at radius 1 is 1.23 bits per heavy atom. The van der Waals surface area contributed by atoms with Crippen molar-refractivity contribution in [2.75, 3.05) is 11.1 Å². The lowest BCUT2D eigenvalue weighted by Gasteiger charge is -2.16. The molecule has 1 amide bonds.